The zero-order valence-corrected chi connectivity index (χ0v) is 10.6. The molecular formula is C18H16. The molecule has 18 heavy (non-hydrogen) atoms. The van der Waals surface area contributed by atoms with Crippen LogP contribution in [0.3, 0.4) is 0 Å². The predicted octanol–water partition coefficient (Wildman–Crippen LogP) is 5.02. The van der Waals surface area contributed by atoms with Crippen molar-refractivity contribution in [3.8, 4) is 12.3 Å². The lowest BCUT2D eigenvalue weighted by Gasteiger charge is -2.00. The van der Waals surface area contributed by atoms with Crippen LogP contribution in [0.2, 0.25) is 0 Å². The van der Waals surface area contributed by atoms with Gasteiger partial charge in [0.25, 0.3) is 0 Å². The van der Waals surface area contributed by atoms with Crippen molar-refractivity contribution in [2.24, 2.45) is 0 Å². The third kappa shape index (κ3) is 2.70. The highest BCUT2D eigenvalue weighted by atomic mass is 14.0. The molecule has 0 aliphatic heterocycles. The Kier molecular flexibility index (Phi) is 3.99. The quantitative estimate of drug-likeness (QED) is 0.377. The molecule has 88 valence electrons. The van der Waals surface area contributed by atoms with Crippen molar-refractivity contribution in [2.75, 3.05) is 0 Å². The average molecular weight is 232 g/mol. The van der Waals surface area contributed by atoms with Gasteiger partial charge >= 0.3 is 0 Å². The first-order valence-corrected chi connectivity index (χ1v) is 6.16. The Morgan fingerprint density at radius 1 is 0.778 bits per heavy atom. The lowest BCUT2D eigenvalue weighted by atomic mass is 10.0. The molecule has 3 aromatic rings. The SMILES string of the molecule is C#CCC.c1ccc2cc3ccccc3cc2c1. The van der Waals surface area contributed by atoms with Gasteiger partial charge in [0.05, 0.1) is 0 Å². The van der Waals surface area contributed by atoms with E-state index in [-0.39, 0.29) is 0 Å². The lowest BCUT2D eigenvalue weighted by molar-refractivity contribution is 1.28. The molecule has 0 heteroatoms. The van der Waals surface area contributed by atoms with Crippen LogP contribution in [-0.2, 0) is 0 Å². The van der Waals surface area contributed by atoms with Crippen molar-refractivity contribution >= 4 is 21.5 Å². The summed E-state index contributed by atoms with van der Waals surface area (Å²) in [5.74, 6) is 2.43. The number of hydrogen-bond acceptors (Lipinski definition) is 0. The van der Waals surface area contributed by atoms with Crippen molar-refractivity contribution in [3.05, 3.63) is 60.7 Å². The van der Waals surface area contributed by atoms with Gasteiger partial charge in [-0.1, -0.05) is 55.5 Å². The molecule has 0 amide bonds. The summed E-state index contributed by atoms with van der Waals surface area (Å²) in [5.41, 5.74) is 0. The second-order valence-corrected chi connectivity index (χ2v) is 4.10. The van der Waals surface area contributed by atoms with Crippen LogP contribution >= 0.6 is 0 Å². The summed E-state index contributed by atoms with van der Waals surface area (Å²) in [7, 11) is 0. The molecular weight excluding hydrogens is 216 g/mol. The van der Waals surface area contributed by atoms with E-state index in [1.54, 1.807) is 0 Å². The van der Waals surface area contributed by atoms with E-state index in [0.29, 0.717) is 0 Å². The van der Waals surface area contributed by atoms with Gasteiger partial charge in [-0.25, -0.2) is 0 Å². The first-order chi connectivity index (χ1) is 8.85. The fourth-order valence-corrected chi connectivity index (χ4v) is 1.88. The molecule has 0 radical (unpaired) electrons. The van der Waals surface area contributed by atoms with Crippen LogP contribution in [0.15, 0.2) is 60.7 Å². The zero-order valence-electron chi connectivity index (χ0n) is 10.6. The predicted molar refractivity (Wildman–Crippen MR) is 80.6 cm³/mol. The molecule has 0 aromatic heterocycles. The maximum absolute atomic E-state index is 4.78. The van der Waals surface area contributed by atoms with Crippen molar-refractivity contribution in [1.29, 1.82) is 0 Å². The summed E-state index contributed by atoms with van der Waals surface area (Å²) in [6, 6.07) is 21.4. The normalized spacial score (nSPS) is 9.56. The minimum absolute atomic E-state index is 0.847. The van der Waals surface area contributed by atoms with Crippen LogP contribution in [0.5, 0.6) is 0 Å². The van der Waals surface area contributed by atoms with Gasteiger partial charge in [-0.15, -0.1) is 12.3 Å². The van der Waals surface area contributed by atoms with Gasteiger partial charge in [-0.05, 0) is 33.7 Å². The largest absolute Gasteiger partial charge is 0.120 e. The summed E-state index contributed by atoms with van der Waals surface area (Å²) in [5, 5.41) is 5.25. The Hall–Kier alpha value is -2.26. The van der Waals surface area contributed by atoms with Gasteiger partial charge in [0, 0.05) is 6.42 Å². The molecule has 0 aliphatic rings. The molecule has 0 N–H and O–H groups in total. The zero-order chi connectivity index (χ0) is 12.8. The second-order valence-electron chi connectivity index (χ2n) is 4.10. The molecule has 0 fully saturated rings. The Labute approximate surface area is 108 Å². The Morgan fingerprint density at radius 2 is 1.06 bits per heavy atom. The van der Waals surface area contributed by atoms with Crippen molar-refractivity contribution in [2.45, 2.75) is 13.3 Å². The Balaban J connectivity index is 0.000000267. The van der Waals surface area contributed by atoms with E-state index in [1.807, 2.05) is 6.92 Å². The van der Waals surface area contributed by atoms with Crippen LogP contribution in [0.25, 0.3) is 21.5 Å². The van der Waals surface area contributed by atoms with Crippen LogP contribution < -0.4 is 0 Å². The smallest absolute Gasteiger partial charge is 0.00576 e. The van der Waals surface area contributed by atoms with E-state index in [4.69, 9.17) is 6.42 Å². The van der Waals surface area contributed by atoms with Gasteiger partial charge in [0.15, 0.2) is 0 Å². The fourth-order valence-electron chi connectivity index (χ4n) is 1.88. The monoisotopic (exact) mass is 232 g/mol. The van der Waals surface area contributed by atoms with Crippen molar-refractivity contribution in [1.82, 2.24) is 0 Å². The highest BCUT2D eigenvalue weighted by molar-refractivity contribution is 5.98. The number of hydrogen-bond donors (Lipinski definition) is 0. The average Bonchev–Trinajstić information content (AvgIpc) is 2.45. The van der Waals surface area contributed by atoms with E-state index >= 15 is 0 Å². The molecule has 0 unspecified atom stereocenters. The van der Waals surface area contributed by atoms with E-state index in [2.05, 4.69) is 66.6 Å². The van der Waals surface area contributed by atoms with Crippen LogP contribution in [0.1, 0.15) is 13.3 Å². The van der Waals surface area contributed by atoms with Crippen molar-refractivity contribution < 1.29 is 0 Å². The standard InChI is InChI=1S/C14H10.C4H6/c1-2-6-12-10-14-8-4-3-7-13(14)9-11(12)5-1;1-3-4-2/h1-10H;1H,4H2,2H3. The maximum Gasteiger partial charge on any atom is 0.00576 e. The van der Waals surface area contributed by atoms with Crippen LogP contribution in [0, 0.1) is 12.3 Å². The molecule has 3 rings (SSSR count). The first-order valence-electron chi connectivity index (χ1n) is 6.16. The van der Waals surface area contributed by atoms with Gasteiger partial charge in [0.2, 0.25) is 0 Å². The summed E-state index contributed by atoms with van der Waals surface area (Å²) >= 11 is 0. The topological polar surface area (TPSA) is 0 Å². The van der Waals surface area contributed by atoms with Gasteiger partial charge in [0.1, 0.15) is 0 Å². The number of rotatable bonds is 0. The third-order valence-electron chi connectivity index (χ3n) is 2.82. The fraction of sp³-hybridized carbons (Fsp3) is 0.111. The molecule has 0 saturated heterocycles. The number of fused-ring (bicyclic) bond motifs is 2. The second kappa shape index (κ2) is 5.89. The molecule has 0 nitrogen and oxygen atoms in total. The van der Waals surface area contributed by atoms with Crippen LogP contribution in [0.4, 0.5) is 0 Å². The van der Waals surface area contributed by atoms with E-state index in [1.165, 1.54) is 21.5 Å². The Bertz CT molecular complexity index is 582. The molecule has 0 aliphatic carbocycles. The summed E-state index contributed by atoms with van der Waals surface area (Å²) in [6.07, 6.45) is 5.62. The van der Waals surface area contributed by atoms with Gasteiger partial charge in [-0.2, -0.15) is 0 Å². The van der Waals surface area contributed by atoms with E-state index < -0.39 is 0 Å². The van der Waals surface area contributed by atoms with Crippen molar-refractivity contribution in [3.63, 3.8) is 0 Å². The van der Waals surface area contributed by atoms with Gasteiger partial charge < -0.3 is 0 Å². The Morgan fingerprint density at radius 3 is 1.28 bits per heavy atom. The van der Waals surface area contributed by atoms with E-state index in [0.717, 1.165) is 6.42 Å². The van der Waals surface area contributed by atoms with Crippen LogP contribution in [-0.4, -0.2) is 0 Å². The molecule has 0 atom stereocenters. The third-order valence-corrected chi connectivity index (χ3v) is 2.82. The van der Waals surface area contributed by atoms with Gasteiger partial charge in [-0.3, -0.25) is 0 Å². The number of benzene rings is 3. The van der Waals surface area contributed by atoms with E-state index in [9.17, 15) is 0 Å². The highest BCUT2D eigenvalue weighted by Crippen LogP contribution is 2.21. The maximum atomic E-state index is 4.78. The minimum Gasteiger partial charge on any atom is -0.120 e. The minimum atomic E-state index is 0.847. The molecule has 3 aromatic carbocycles. The molecule has 0 saturated carbocycles. The molecule has 0 heterocycles. The summed E-state index contributed by atoms with van der Waals surface area (Å²) in [6.45, 7) is 1.94. The first kappa shape index (κ1) is 12.2. The molecule has 0 spiro atoms. The summed E-state index contributed by atoms with van der Waals surface area (Å²) in [4.78, 5) is 0. The summed E-state index contributed by atoms with van der Waals surface area (Å²) < 4.78 is 0. The highest BCUT2D eigenvalue weighted by Gasteiger charge is 1.95. The molecule has 0 bridgehead atoms. The lowest BCUT2D eigenvalue weighted by Crippen LogP contribution is -1.74. The number of terminal acetylenes is 1.